The summed E-state index contributed by atoms with van der Waals surface area (Å²) in [5.41, 5.74) is 0.926. The normalized spacial score (nSPS) is 20.1. The zero-order chi connectivity index (χ0) is 9.97. The molecule has 1 aliphatic rings. The molecule has 74 valence electrons. The lowest BCUT2D eigenvalue weighted by molar-refractivity contribution is -0.115. The van der Waals surface area contributed by atoms with Crippen LogP contribution in [-0.2, 0) is 4.79 Å². The summed E-state index contributed by atoms with van der Waals surface area (Å²) >= 11 is 1.62. The average molecular weight is 208 g/mol. The molecule has 0 bridgehead atoms. The monoisotopic (exact) mass is 208 g/mol. The molecule has 1 heterocycles. The van der Waals surface area contributed by atoms with Crippen molar-refractivity contribution in [1.82, 2.24) is 5.32 Å². The summed E-state index contributed by atoms with van der Waals surface area (Å²) in [6.07, 6.45) is 0. The van der Waals surface area contributed by atoms with Crippen LogP contribution in [-0.4, -0.2) is 24.7 Å². The second-order valence-electron chi connectivity index (χ2n) is 3.15. The van der Waals surface area contributed by atoms with Crippen LogP contribution in [0.1, 0.15) is 0 Å². The Morgan fingerprint density at radius 3 is 3.07 bits per heavy atom. The summed E-state index contributed by atoms with van der Waals surface area (Å²) in [5, 5.41) is 5.89. The van der Waals surface area contributed by atoms with Gasteiger partial charge in [-0.1, -0.05) is 12.1 Å². The van der Waals surface area contributed by atoms with E-state index < -0.39 is 0 Å². The summed E-state index contributed by atoms with van der Waals surface area (Å²) in [4.78, 5) is 12.7. The summed E-state index contributed by atoms with van der Waals surface area (Å²) < 4.78 is 0. The van der Waals surface area contributed by atoms with Gasteiger partial charge in [-0.15, -0.1) is 11.8 Å². The van der Waals surface area contributed by atoms with Gasteiger partial charge in [-0.3, -0.25) is 4.79 Å². The highest BCUT2D eigenvalue weighted by Crippen LogP contribution is 2.34. The minimum atomic E-state index is -0.0186. The van der Waals surface area contributed by atoms with Crippen molar-refractivity contribution in [3.05, 3.63) is 24.3 Å². The molecule has 1 aromatic carbocycles. The molecule has 14 heavy (non-hydrogen) atoms. The van der Waals surface area contributed by atoms with Crippen molar-refractivity contribution in [2.45, 2.75) is 10.1 Å². The minimum Gasteiger partial charge on any atom is -0.324 e. The van der Waals surface area contributed by atoms with Crippen molar-refractivity contribution >= 4 is 23.4 Å². The van der Waals surface area contributed by atoms with Crippen LogP contribution in [0.25, 0.3) is 0 Å². The standard InChI is InChI=1S/C10H12N2OS/c1-11-6-9-10(13)12-7-4-2-3-5-8(7)14-9/h2-5,9,11H,6H2,1H3,(H,12,13). The van der Waals surface area contributed by atoms with Gasteiger partial charge in [0.05, 0.1) is 5.69 Å². The van der Waals surface area contributed by atoms with E-state index in [0.717, 1.165) is 10.6 Å². The molecule has 0 fully saturated rings. The smallest absolute Gasteiger partial charge is 0.239 e. The number of hydrogen-bond donors (Lipinski definition) is 2. The summed E-state index contributed by atoms with van der Waals surface area (Å²) in [5.74, 6) is 0.0862. The van der Waals surface area contributed by atoms with Crippen molar-refractivity contribution in [3.8, 4) is 0 Å². The molecule has 1 atom stereocenters. The maximum absolute atomic E-state index is 11.6. The van der Waals surface area contributed by atoms with E-state index >= 15 is 0 Å². The van der Waals surface area contributed by atoms with Crippen molar-refractivity contribution < 1.29 is 4.79 Å². The minimum absolute atomic E-state index is 0.0186. The zero-order valence-electron chi connectivity index (χ0n) is 7.91. The summed E-state index contributed by atoms with van der Waals surface area (Å²) in [7, 11) is 1.86. The second kappa shape index (κ2) is 4.02. The molecule has 0 aliphatic carbocycles. The first-order valence-corrected chi connectivity index (χ1v) is 5.40. The lowest BCUT2D eigenvalue weighted by Gasteiger charge is -2.23. The molecule has 1 unspecified atom stereocenters. The number of para-hydroxylation sites is 1. The fourth-order valence-corrected chi connectivity index (χ4v) is 2.54. The Kier molecular flexibility index (Phi) is 2.74. The predicted molar refractivity (Wildman–Crippen MR) is 58.6 cm³/mol. The Morgan fingerprint density at radius 1 is 1.50 bits per heavy atom. The van der Waals surface area contributed by atoms with Crippen molar-refractivity contribution in [3.63, 3.8) is 0 Å². The number of hydrogen-bond acceptors (Lipinski definition) is 3. The topological polar surface area (TPSA) is 41.1 Å². The van der Waals surface area contributed by atoms with Crippen LogP contribution in [0.4, 0.5) is 5.69 Å². The Morgan fingerprint density at radius 2 is 2.29 bits per heavy atom. The molecule has 2 N–H and O–H groups in total. The predicted octanol–water partition coefficient (Wildman–Crippen LogP) is 1.32. The van der Waals surface area contributed by atoms with Gasteiger partial charge in [0.25, 0.3) is 0 Å². The number of anilines is 1. The fourth-order valence-electron chi connectivity index (χ4n) is 1.41. The summed E-state index contributed by atoms with van der Waals surface area (Å²) in [6, 6.07) is 7.87. The van der Waals surface area contributed by atoms with E-state index in [0.29, 0.717) is 6.54 Å². The van der Waals surface area contributed by atoms with Crippen LogP contribution in [0, 0.1) is 0 Å². The molecule has 1 aliphatic heterocycles. The van der Waals surface area contributed by atoms with Gasteiger partial charge in [0.15, 0.2) is 0 Å². The van der Waals surface area contributed by atoms with Crippen molar-refractivity contribution in [2.24, 2.45) is 0 Å². The zero-order valence-corrected chi connectivity index (χ0v) is 8.73. The van der Waals surface area contributed by atoms with Crippen LogP contribution in [0.2, 0.25) is 0 Å². The number of nitrogens with one attached hydrogen (secondary N) is 2. The van der Waals surface area contributed by atoms with Crippen LogP contribution >= 0.6 is 11.8 Å². The van der Waals surface area contributed by atoms with E-state index in [2.05, 4.69) is 10.6 Å². The molecule has 3 nitrogen and oxygen atoms in total. The summed E-state index contributed by atoms with van der Waals surface area (Å²) in [6.45, 7) is 0.699. The first-order valence-electron chi connectivity index (χ1n) is 4.52. The number of carbonyl (C=O) groups is 1. The number of thioether (sulfide) groups is 1. The SMILES string of the molecule is CNCC1Sc2ccccc2NC1=O. The molecule has 0 aromatic heterocycles. The van der Waals surface area contributed by atoms with E-state index in [-0.39, 0.29) is 11.2 Å². The maximum atomic E-state index is 11.6. The number of amides is 1. The third kappa shape index (κ3) is 1.76. The highest BCUT2D eigenvalue weighted by Gasteiger charge is 2.25. The van der Waals surface area contributed by atoms with E-state index in [1.807, 2.05) is 31.3 Å². The quantitative estimate of drug-likeness (QED) is 0.770. The highest BCUT2D eigenvalue weighted by molar-refractivity contribution is 8.01. The molecule has 0 radical (unpaired) electrons. The van der Waals surface area contributed by atoms with Gasteiger partial charge < -0.3 is 10.6 Å². The van der Waals surface area contributed by atoms with Gasteiger partial charge in [-0.25, -0.2) is 0 Å². The molecule has 4 heteroatoms. The number of fused-ring (bicyclic) bond motifs is 1. The third-order valence-corrected chi connectivity index (χ3v) is 3.37. The first kappa shape index (κ1) is 9.55. The average Bonchev–Trinajstić information content (AvgIpc) is 2.19. The van der Waals surface area contributed by atoms with Crippen LogP contribution < -0.4 is 10.6 Å². The van der Waals surface area contributed by atoms with Gasteiger partial charge in [0.1, 0.15) is 5.25 Å². The van der Waals surface area contributed by atoms with E-state index in [9.17, 15) is 4.79 Å². The first-order chi connectivity index (χ1) is 6.81. The number of benzene rings is 1. The van der Waals surface area contributed by atoms with Crippen molar-refractivity contribution in [1.29, 1.82) is 0 Å². The molecule has 0 spiro atoms. The van der Waals surface area contributed by atoms with Crippen LogP contribution in [0.15, 0.2) is 29.2 Å². The van der Waals surface area contributed by atoms with E-state index in [1.165, 1.54) is 0 Å². The molecular weight excluding hydrogens is 196 g/mol. The lowest BCUT2D eigenvalue weighted by atomic mass is 10.3. The van der Waals surface area contributed by atoms with E-state index in [1.54, 1.807) is 11.8 Å². The largest absolute Gasteiger partial charge is 0.324 e. The second-order valence-corrected chi connectivity index (χ2v) is 4.39. The third-order valence-electron chi connectivity index (χ3n) is 2.10. The Balaban J connectivity index is 2.22. The van der Waals surface area contributed by atoms with Crippen LogP contribution in [0.5, 0.6) is 0 Å². The number of carbonyl (C=O) groups excluding carboxylic acids is 1. The van der Waals surface area contributed by atoms with Gasteiger partial charge in [0.2, 0.25) is 5.91 Å². The Labute approximate surface area is 87.3 Å². The molecule has 0 saturated carbocycles. The van der Waals surface area contributed by atoms with Gasteiger partial charge >= 0.3 is 0 Å². The molecule has 2 rings (SSSR count). The molecular formula is C10H12N2OS. The van der Waals surface area contributed by atoms with Gasteiger partial charge in [-0.05, 0) is 19.2 Å². The lowest BCUT2D eigenvalue weighted by Crippen LogP contribution is -2.35. The molecule has 0 saturated heterocycles. The Bertz CT molecular complexity index is 354. The van der Waals surface area contributed by atoms with E-state index in [4.69, 9.17) is 0 Å². The number of rotatable bonds is 2. The van der Waals surface area contributed by atoms with Gasteiger partial charge in [-0.2, -0.15) is 0 Å². The van der Waals surface area contributed by atoms with Crippen molar-refractivity contribution in [2.75, 3.05) is 18.9 Å². The van der Waals surface area contributed by atoms with Gasteiger partial charge in [0, 0.05) is 11.4 Å². The Hall–Kier alpha value is -1.00. The fraction of sp³-hybridized carbons (Fsp3) is 0.300. The molecule has 1 amide bonds. The highest BCUT2D eigenvalue weighted by atomic mass is 32.2. The van der Waals surface area contributed by atoms with Crippen LogP contribution in [0.3, 0.4) is 0 Å². The maximum Gasteiger partial charge on any atom is 0.239 e. The molecule has 1 aromatic rings.